The highest BCUT2D eigenvalue weighted by molar-refractivity contribution is 7.09. The summed E-state index contributed by atoms with van der Waals surface area (Å²) < 4.78 is 5.52. The first-order chi connectivity index (χ1) is 7.12. The minimum Gasteiger partial charge on any atom is -0.368 e. The van der Waals surface area contributed by atoms with Crippen molar-refractivity contribution in [1.82, 2.24) is 4.98 Å². The Labute approximate surface area is 94.5 Å². The molecule has 1 atom stereocenters. The Hall–Kier alpha value is -0.740. The Morgan fingerprint density at radius 3 is 2.80 bits per heavy atom. The summed E-state index contributed by atoms with van der Waals surface area (Å²) in [6.45, 7) is 6.31. The zero-order valence-corrected chi connectivity index (χ0v) is 10.3. The highest BCUT2D eigenvalue weighted by Crippen LogP contribution is 2.20. The van der Waals surface area contributed by atoms with Crippen LogP contribution in [0.3, 0.4) is 0 Å². The van der Waals surface area contributed by atoms with Crippen LogP contribution in [0.4, 0.5) is 0 Å². The van der Waals surface area contributed by atoms with E-state index >= 15 is 0 Å². The lowest BCUT2D eigenvalue weighted by Crippen LogP contribution is -2.38. The van der Waals surface area contributed by atoms with E-state index in [1.165, 1.54) is 11.3 Å². The molecule has 3 nitrogen and oxygen atoms in total. The van der Waals surface area contributed by atoms with Gasteiger partial charge in [0, 0.05) is 24.1 Å². The molecular weight excluding hydrogens is 210 g/mol. The molecule has 84 valence electrons. The van der Waals surface area contributed by atoms with E-state index in [-0.39, 0.29) is 5.78 Å². The van der Waals surface area contributed by atoms with E-state index in [0.717, 1.165) is 4.88 Å². The average molecular weight is 227 g/mol. The van der Waals surface area contributed by atoms with Crippen molar-refractivity contribution in [1.29, 1.82) is 0 Å². The molecule has 0 fully saturated rings. The van der Waals surface area contributed by atoms with E-state index < -0.39 is 5.60 Å². The molecule has 0 aliphatic rings. The fourth-order valence-electron chi connectivity index (χ4n) is 1.37. The average Bonchev–Trinajstić information content (AvgIpc) is 2.70. The summed E-state index contributed by atoms with van der Waals surface area (Å²) in [5.41, 5.74) is 1.10. The molecule has 0 aromatic carbocycles. The number of nitrogens with zero attached hydrogens (tertiary/aromatic N) is 1. The van der Waals surface area contributed by atoms with Crippen LogP contribution in [0.5, 0.6) is 0 Å². The number of ketones is 1. The van der Waals surface area contributed by atoms with Crippen LogP contribution in [-0.2, 0) is 16.0 Å². The molecule has 0 radical (unpaired) electrons. The number of thiazole rings is 1. The number of Topliss-reactive ketones (excluding diaryl/α,β-unsaturated/α-hetero) is 1. The summed E-state index contributed by atoms with van der Waals surface area (Å²) in [5, 5.41) is 0. The summed E-state index contributed by atoms with van der Waals surface area (Å²) in [4.78, 5) is 17.0. The van der Waals surface area contributed by atoms with Crippen LogP contribution in [0.2, 0.25) is 0 Å². The fourth-order valence-corrected chi connectivity index (χ4v) is 1.97. The molecule has 1 aromatic heterocycles. The van der Waals surface area contributed by atoms with Crippen molar-refractivity contribution in [2.45, 2.75) is 39.2 Å². The first-order valence-electron chi connectivity index (χ1n) is 5.17. The topological polar surface area (TPSA) is 39.2 Å². The third-order valence-electron chi connectivity index (χ3n) is 2.55. The van der Waals surface area contributed by atoms with Crippen LogP contribution in [0, 0.1) is 0 Å². The third-order valence-corrected chi connectivity index (χ3v) is 3.33. The summed E-state index contributed by atoms with van der Waals surface area (Å²) in [6.07, 6.45) is 2.87. The quantitative estimate of drug-likeness (QED) is 0.749. The van der Waals surface area contributed by atoms with E-state index in [1.54, 1.807) is 11.7 Å². The largest absolute Gasteiger partial charge is 0.368 e. The van der Waals surface area contributed by atoms with Gasteiger partial charge in [-0.2, -0.15) is 0 Å². The van der Waals surface area contributed by atoms with Crippen LogP contribution < -0.4 is 0 Å². The van der Waals surface area contributed by atoms with Gasteiger partial charge in [-0.05, 0) is 20.3 Å². The Kier molecular flexibility index (Phi) is 4.42. The maximum Gasteiger partial charge on any atom is 0.169 e. The zero-order chi connectivity index (χ0) is 11.3. The van der Waals surface area contributed by atoms with Crippen molar-refractivity contribution < 1.29 is 9.53 Å². The second kappa shape index (κ2) is 5.37. The highest BCUT2D eigenvalue weighted by atomic mass is 32.1. The van der Waals surface area contributed by atoms with E-state index in [4.69, 9.17) is 4.74 Å². The van der Waals surface area contributed by atoms with Gasteiger partial charge in [-0.3, -0.25) is 9.78 Å². The van der Waals surface area contributed by atoms with Gasteiger partial charge in [-0.15, -0.1) is 11.3 Å². The van der Waals surface area contributed by atoms with Crippen LogP contribution in [0.25, 0.3) is 0 Å². The normalized spacial score (nSPS) is 14.9. The molecule has 4 heteroatoms. The molecule has 0 aliphatic carbocycles. The van der Waals surface area contributed by atoms with Gasteiger partial charge >= 0.3 is 0 Å². The van der Waals surface area contributed by atoms with Gasteiger partial charge in [0.15, 0.2) is 5.78 Å². The molecule has 0 saturated carbocycles. The van der Waals surface area contributed by atoms with Crippen molar-refractivity contribution >= 4 is 17.1 Å². The van der Waals surface area contributed by atoms with Crippen molar-refractivity contribution in [3.63, 3.8) is 0 Å². The van der Waals surface area contributed by atoms with E-state index in [0.29, 0.717) is 19.4 Å². The number of rotatable bonds is 6. The first-order valence-corrected chi connectivity index (χ1v) is 6.05. The first kappa shape index (κ1) is 12.3. The maximum absolute atomic E-state index is 12.0. The molecular formula is C11H17NO2S. The minimum absolute atomic E-state index is 0.135. The molecule has 1 heterocycles. The SMILES string of the molecule is CCOC(C)(CC)C(=O)Cc1cncs1. The monoisotopic (exact) mass is 227 g/mol. The lowest BCUT2D eigenvalue weighted by atomic mass is 9.95. The van der Waals surface area contributed by atoms with Crippen LogP contribution in [0.1, 0.15) is 32.1 Å². The number of ether oxygens (including phenoxy) is 1. The molecule has 0 saturated heterocycles. The van der Waals surface area contributed by atoms with Gasteiger partial charge < -0.3 is 4.74 Å². The molecule has 0 aliphatic heterocycles. The number of carbonyl (C=O) groups excluding carboxylic acids is 1. The van der Waals surface area contributed by atoms with Crippen molar-refractivity contribution in [3.05, 3.63) is 16.6 Å². The van der Waals surface area contributed by atoms with Crippen LogP contribution in [-0.4, -0.2) is 23.0 Å². The number of hydrogen-bond donors (Lipinski definition) is 0. The predicted octanol–water partition coefficient (Wildman–Crippen LogP) is 2.46. The molecule has 15 heavy (non-hydrogen) atoms. The van der Waals surface area contributed by atoms with Gasteiger partial charge in [0.1, 0.15) is 5.60 Å². The van der Waals surface area contributed by atoms with E-state index in [2.05, 4.69) is 4.98 Å². The highest BCUT2D eigenvalue weighted by Gasteiger charge is 2.31. The Morgan fingerprint density at radius 1 is 1.60 bits per heavy atom. The number of hydrogen-bond acceptors (Lipinski definition) is 4. The van der Waals surface area contributed by atoms with Crippen molar-refractivity contribution in [2.24, 2.45) is 0 Å². The smallest absolute Gasteiger partial charge is 0.169 e. The second-order valence-corrected chi connectivity index (χ2v) is 4.56. The summed E-state index contributed by atoms with van der Waals surface area (Å²) >= 11 is 1.51. The lowest BCUT2D eigenvalue weighted by Gasteiger charge is -2.26. The van der Waals surface area contributed by atoms with Gasteiger partial charge in [0.05, 0.1) is 5.51 Å². The molecule has 1 aromatic rings. The molecule has 0 bridgehead atoms. The molecule has 1 unspecified atom stereocenters. The van der Waals surface area contributed by atoms with Gasteiger partial charge in [-0.1, -0.05) is 6.92 Å². The molecule has 0 N–H and O–H groups in total. The van der Waals surface area contributed by atoms with Crippen LogP contribution >= 0.6 is 11.3 Å². The second-order valence-electron chi connectivity index (χ2n) is 3.59. The summed E-state index contributed by atoms with van der Waals surface area (Å²) in [7, 11) is 0. The Balaban J connectivity index is 2.65. The summed E-state index contributed by atoms with van der Waals surface area (Å²) in [5.74, 6) is 0.135. The third kappa shape index (κ3) is 3.11. The standard InChI is InChI=1S/C11H17NO2S/c1-4-11(3,14-5-2)10(13)6-9-7-12-8-15-9/h7-8H,4-6H2,1-3H3. The van der Waals surface area contributed by atoms with E-state index in [1.807, 2.05) is 20.8 Å². The van der Waals surface area contributed by atoms with Gasteiger partial charge in [0.2, 0.25) is 0 Å². The number of carbonyl (C=O) groups is 1. The van der Waals surface area contributed by atoms with Gasteiger partial charge in [-0.25, -0.2) is 0 Å². The van der Waals surface area contributed by atoms with Crippen LogP contribution in [0.15, 0.2) is 11.7 Å². The molecule has 0 spiro atoms. The Bertz CT molecular complexity index is 310. The summed E-state index contributed by atoms with van der Waals surface area (Å²) in [6, 6.07) is 0. The van der Waals surface area contributed by atoms with Crippen molar-refractivity contribution in [2.75, 3.05) is 6.61 Å². The fraction of sp³-hybridized carbons (Fsp3) is 0.636. The predicted molar refractivity (Wildman–Crippen MR) is 61.1 cm³/mol. The zero-order valence-electron chi connectivity index (χ0n) is 9.45. The van der Waals surface area contributed by atoms with E-state index in [9.17, 15) is 4.79 Å². The maximum atomic E-state index is 12.0. The Morgan fingerprint density at radius 2 is 2.33 bits per heavy atom. The molecule has 1 rings (SSSR count). The lowest BCUT2D eigenvalue weighted by molar-refractivity contribution is -0.141. The number of aromatic nitrogens is 1. The minimum atomic E-state index is -0.640. The molecule has 0 amide bonds. The van der Waals surface area contributed by atoms with Gasteiger partial charge in [0.25, 0.3) is 0 Å². The van der Waals surface area contributed by atoms with Crippen molar-refractivity contribution in [3.8, 4) is 0 Å².